The molecule has 0 heterocycles. The average molecular weight is 380 g/mol. The summed E-state index contributed by atoms with van der Waals surface area (Å²) in [4.78, 5) is 47.2. The zero-order valence-corrected chi connectivity index (χ0v) is 15.7. The number of methoxy groups -OCH3 is 1. The molecule has 0 bridgehead atoms. The molecule has 1 rings (SSSR count). The van der Waals surface area contributed by atoms with Crippen molar-refractivity contribution in [2.75, 3.05) is 20.3 Å². The first kappa shape index (κ1) is 21.9. The van der Waals surface area contributed by atoms with Crippen LogP contribution in [-0.2, 0) is 19.1 Å². The van der Waals surface area contributed by atoms with Crippen molar-refractivity contribution in [2.24, 2.45) is 5.92 Å². The minimum Gasteiger partial charge on any atom is -0.497 e. The van der Waals surface area contributed by atoms with Gasteiger partial charge in [-0.3, -0.25) is 14.9 Å². The van der Waals surface area contributed by atoms with E-state index in [0.29, 0.717) is 11.3 Å². The van der Waals surface area contributed by atoms with Crippen LogP contribution in [0.25, 0.3) is 0 Å². The van der Waals surface area contributed by atoms with Gasteiger partial charge >= 0.3 is 12.1 Å². The molecule has 1 atom stereocenters. The molecule has 0 saturated carbocycles. The molecule has 27 heavy (non-hydrogen) atoms. The zero-order valence-electron chi connectivity index (χ0n) is 15.7. The second kappa shape index (κ2) is 10.8. The molecule has 1 aromatic carbocycles. The molecular formula is C18H24N2O7. The van der Waals surface area contributed by atoms with Crippen molar-refractivity contribution in [3.05, 3.63) is 29.8 Å². The third-order valence-corrected chi connectivity index (χ3v) is 3.42. The van der Waals surface area contributed by atoms with Crippen LogP contribution in [0, 0.1) is 5.92 Å². The van der Waals surface area contributed by atoms with Crippen molar-refractivity contribution in [3.8, 4) is 5.75 Å². The normalized spacial score (nSPS) is 11.3. The highest BCUT2D eigenvalue weighted by Crippen LogP contribution is 2.12. The Hall–Kier alpha value is -3.10. The van der Waals surface area contributed by atoms with Gasteiger partial charge in [-0.05, 0) is 37.1 Å². The number of ether oxygens (including phenoxy) is 3. The van der Waals surface area contributed by atoms with Crippen LogP contribution in [0.4, 0.5) is 4.79 Å². The fraction of sp³-hybridized carbons (Fsp3) is 0.444. The van der Waals surface area contributed by atoms with Crippen LogP contribution in [0.5, 0.6) is 5.75 Å². The molecule has 0 aromatic heterocycles. The predicted molar refractivity (Wildman–Crippen MR) is 95.2 cm³/mol. The summed E-state index contributed by atoms with van der Waals surface area (Å²) in [5.74, 6) is -1.77. The van der Waals surface area contributed by atoms with Crippen LogP contribution < -0.4 is 15.4 Å². The molecule has 0 saturated heterocycles. The van der Waals surface area contributed by atoms with E-state index < -0.39 is 36.5 Å². The van der Waals surface area contributed by atoms with E-state index >= 15 is 0 Å². The summed E-state index contributed by atoms with van der Waals surface area (Å²) in [5, 5.41) is 4.48. The third-order valence-electron chi connectivity index (χ3n) is 3.42. The standard InChI is InChI=1S/C18H24N2O7/c1-5-26-18(24)19-14(21)10-27-17(23)15(11(2)3)20-16(22)12-6-8-13(25-4)9-7-12/h6-9,11,15H,5,10H2,1-4H3,(H,20,22)(H,19,21,24)/t15-/m0/s1. The Bertz CT molecular complexity index is 671. The Balaban J connectivity index is 2.63. The number of carbonyl (C=O) groups is 4. The van der Waals surface area contributed by atoms with E-state index in [0.717, 1.165) is 0 Å². The lowest BCUT2D eigenvalue weighted by Crippen LogP contribution is -2.46. The predicted octanol–water partition coefficient (Wildman–Crippen LogP) is 1.27. The molecule has 9 nitrogen and oxygen atoms in total. The van der Waals surface area contributed by atoms with Gasteiger partial charge in [-0.25, -0.2) is 9.59 Å². The smallest absolute Gasteiger partial charge is 0.413 e. The Labute approximate surface area is 157 Å². The number of amides is 3. The molecular weight excluding hydrogens is 356 g/mol. The van der Waals surface area contributed by atoms with Gasteiger partial charge in [0.05, 0.1) is 13.7 Å². The maximum absolute atomic E-state index is 12.3. The van der Waals surface area contributed by atoms with Gasteiger partial charge in [0.15, 0.2) is 6.61 Å². The van der Waals surface area contributed by atoms with Gasteiger partial charge < -0.3 is 19.5 Å². The van der Waals surface area contributed by atoms with Crippen molar-refractivity contribution in [3.63, 3.8) is 0 Å². The molecule has 0 fully saturated rings. The molecule has 9 heteroatoms. The molecule has 0 unspecified atom stereocenters. The van der Waals surface area contributed by atoms with Gasteiger partial charge in [0.25, 0.3) is 11.8 Å². The van der Waals surface area contributed by atoms with Gasteiger partial charge in [0.1, 0.15) is 11.8 Å². The lowest BCUT2D eigenvalue weighted by atomic mass is 10.0. The average Bonchev–Trinajstić information content (AvgIpc) is 2.63. The summed E-state index contributed by atoms with van der Waals surface area (Å²) in [6, 6.07) is 5.40. The Kier molecular flexibility index (Phi) is 8.77. The minimum atomic E-state index is -0.963. The first-order valence-electron chi connectivity index (χ1n) is 8.36. The van der Waals surface area contributed by atoms with Gasteiger partial charge in [0, 0.05) is 5.56 Å². The molecule has 148 valence electrons. The van der Waals surface area contributed by atoms with E-state index in [1.807, 2.05) is 5.32 Å². The largest absolute Gasteiger partial charge is 0.497 e. The SMILES string of the molecule is CCOC(=O)NC(=O)COC(=O)[C@@H](NC(=O)c1ccc(OC)cc1)C(C)C. The minimum absolute atomic E-state index is 0.103. The number of benzene rings is 1. The maximum Gasteiger partial charge on any atom is 0.413 e. The number of nitrogens with one attached hydrogen (secondary N) is 2. The lowest BCUT2D eigenvalue weighted by molar-refractivity contribution is -0.151. The number of esters is 1. The van der Waals surface area contributed by atoms with E-state index in [2.05, 4.69) is 10.1 Å². The van der Waals surface area contributed by atoms with Crippen LogP contribution >= 0.6 is 0 Å². The third kappa shape index (κ3) is 7.35. The quantitative estimate of drug-likeness (QED) is 0.652. The second-order valence-corrected chi connectivity index (χ2v) is 5.80. The maximum atomic E-state index is 12.3. The molecule has 0 radical (unpaired) electrons. The number of alkyl carbamates (subject to hydrolysis) is 1. The fourth-order valence-corrected chi connectivity index (χ4v) is 2.01. The van der Waals surface area contributed by atoms with Gasteiger partial charge in [-0.1, -0.05) is 13.8 Å². The van der Waals surface area contributed by atoms with Crippen LogP contribution in [0.2, 0.25) is 0 Å². The van der Waals surface area contributed by atoms with Gasteiger partial charge in [-0.2, -0.15) is 0 Å². The van der Waals surface area contributed by atoms with Crippen LogP contribution in [0.1, 0.15) is 31.1 Å². The highest BCUT2D eigenvalue weighted by molar-refractivity contribution is 5.97. The summed E-state index contributed by atoms with van der Waals surface area (Å²) in [5.41, 5.74) is 0.342. The van der Waals surface area contributed by atoms with Crippen molar-refractivity contribution in [1.82, 2.24) is 10.6 Å². The van der Waals surface area contributed by atoms with E-state index in [1.54, 1.807) is 45.0 Å². The van der Waals surface area contributed by atoms with Crippen LogP contribution in [-0.4, -0.2) is 50.2 Å². The molecule has 0 spiro atoms. The molecule has 0 aliphatic carbocycles. The lowest BCUT2D eigenvalue weighted by Gasteiger charge is -2.20. The summed E-state index contributed by atoms with van der Waals surface area (Å²) in [7, 11) is 1.51. The van der Waals surface area contributed by atoms with Crippen molar-refractivity contribution < 1.29 is 33.4 Å². The Morgan fingerprint density at radius 3 is 2.19 bits per heavy atom. The molecule has 1 aromatic rings. The fourth-order valence-electron chi connectivity index (χ4n) is 2.01. The molecule has 0 aliphatic rings. The van der Waals surface area contributed by atoms with E-state index in [-0.39, 0.29) is 12.5 Å². The van der Waals surface area contributed by atoms with E-state index in [4.69, 9.17) is 9.47 Å². The summed E-state index contributed by atoms with van der Waals surface area (Å²) >= 11 is 0. The highest BCUT2D eigenvalue weighted by atomic mass is 16.6. The Morgan fingerprint density at radius 1 is 1.04 bits per heavy atom. The van der Waals surface area contributed by atoms with Gasteiger partial charge in [0.2, 0.25) is 0 Å². The van der Waals surface area contributed by atoms with E-state index in [1.165, 1.54) is 7.11 Å². The Morgan fingerprint density at radius 2 is 1.67 bits per heavy atom. The first-order chi connectivity index (χ1) is 12.8. The molecule has 2 N–H and O–H groups in total. The van der Waals surface area contributed by atoms with Crippen molar-refractivity contribution in [1.29, 1.82) is 0 Å². The highest BCUT2D eigenvalue weighted by Gasteiger charge is 2.27. The van der Waals surface area contributed by atoms with Crippen molar-refractivity contribution >= 4 is 23.9 Å². The number of hydrogen-bond donors (Lipinski definition) is 2. The zero-order chi connectivity index (χ0) is 20.4. The summed E-state index contributed by atoms with van der Waals surface area (Å²) in [6.07, 6.45) is -0.924. The molecule has 0 aliphatic heterocycles. The second-order valence-electron chi connectivity index (χ2n) is 5.80. The van der Waals surface area contributed by atoms with Crippen LogP contribution in [0.3, 0.4) is 0 Å². The number of rotatable bonds is 8. The number of imide groups is 1. The topological polar surface area (TPSA) is 120 Å². The number of carbonyl (C=O) groups excluding carboxylic acids is 4. The molecule has 3 amide bonds. The van der Waals surface area contributed by atoms with Crippen LogP contribution in [0.15, 0.2) is 24.3 Å². The summed E-state index contributed by atoms with van der Waals surface area (Å²) in [6.45, 7) is 4.46. The van der Waals surface area contributed by atoms with Gasteiger partial charge in [-0.15, -0.1) is 0 Å². The monoisotopic (exact) mass is 380 g/mol. The summed E-state index contributed by atoms with van der Waals surface area (Å²) < 4.78 is 14.5. The van der Waals surface area contributed by atoms with Crippen molar-refractivity contribution in [2.45, 2.75) is 26.8 Å². The first-order valence-corrected chi connectivity index (χ1v) is 8.36. The number of hydrogen-bond acceptors (Lipinski definition) is 7. The van der Waals surface area contributed by atoms with E-state index in [9.17, 15) is 19.2 Å².